The molecule has 4 rings (SSSR count). The summed E-state index contributed by atoms with van der Waals surface area (Å²) in [7, 11) is 8.36. The molecule has 3 aliphatic heterocycles. The zero-order valence-electron chi connectivity index (χ0n) is 21.2. The van der Waals surface area contributed by atoms with E-state index in [1.165, 1.54) is 38.8 Å². The van der Waals surface area contributed by atoms with E-state index >= 15 is 0 Å². The van der Waals surface area contributed by atoms with Crippen LogP contribution in [-0.2, 0) is 9.59 Å². The van der Waals surface area contributed by atoms with E-state index in [9.17, 15) is 9.59 Å². The standard InChI is InChI=1S/C26H39N3O5/c1-27(16-17-9-8-14-29-13-7-6-10-20(17)29)26(31)19-15-22(30)28(2)23(19)18-11-12-21(32-3)25(34-5)24(18)33-4/h11-12,17,19-20,23H,6-10,13-16H2,1-5H3. The van der Waals surface area contributed by atoms with E-state index in [0.717, 1.165) is 18.5 Å². The maximum Gasteiger partial charge on any atom is 0.228 e. The molecule has 4 unspecified atom stereocenters. The predicted octanol–water partition coefficient (Wildman–Crippen LogP) is 2.95. The van der Waals surface area contributed by atoms with E-state index in [2.05, 4.69) is 4.90 Å². The highest BCUT2D eigenvalue weighted by Crippen LogP contribution is 2.48. The largest absolute Gasteiger partial charge is 0.493 e. The first kappa shape index (κ1) is 24.6. The Hall–Kier alpha value is -2.48. The molecular weight excluding hydrogens is 434 g/mol. The van der Waals surface area contributed by atoms with Gasteiger partial charge in [-0.1, -0.05) is 6.42 Å². The van der Waals surface area contributed by atoms with Crippen LogP contribution in [0.5, 0.6) is 17.2 Å². The van der Waals surface area contributed by atoms with E-state index in [1.807, 2.05) is 18.0 Å². The first-order valence-electron chi connectivity index (χ1n) is 12.4. The monoisotopic (exact) mass is 473 g/mol. The fourth-order valence-corrected chi connectivity index (χ4v) is 6.39. The highest BCUT2D eigenvalue weighted by atomic mass is 16.5. The van der Waals surface area contributed by atoms with Gasteiger partial charge in [-0.2, -0.15) is 0 Å². The molecule has 3 heterocycles. The van der Waals surface area contributed by atoms with Crippen molar-refractivity contribution in [2.75, 3.05) is 55.1 Å². The van der Waals surface area contributed by atoms with Crippen LogP contribution in [0.3, 0.4) is 0 Å². The third-order valence-corrected chi connectivity index (χ3v) is 8.07. The Balaban J connectivity index is 1.58. The van der Waals surface area contributed by atoms with Gasteiger partial charge in [-0.15, -0.1) is 0 Å². The molecule has 2 amide bonds. The SMILES string of the molecule is COc1ccc(C2C(C(=O)N(C)CC3CCCN4CCCCC34)CC(=O)N2C)c(OC)c1OC. The smallest absolute Gasteiger partial charge is 0.228 e. The van der Waals surface area contributed by atoms with Gasteiger partial charge in [0.1, 0.15) is 0 Å². The molecular formula is C26H39N3O5. The van der Waals surface area contributed by atoms with Gasteiger partial charge in [0.2, 0.25) is 17.6 Å². The van der Waals surface area contributed by atoms with Gasteiger partial charge in [-0.05, 0) is 56.8 Å². The molecule has 4 atom stereocenters. The summed E-state index contributed by atoms with van der Waals surface area (Å²) in [6.45, 7) is 3.11. The average Bonchev–Trinajstić information content (AvgIpc) is 3.16. The number of ether oxygens (including phenoxy) is 3. The molecule has 8 heteroatoms. The summed E-state index contributed by atoms with van der Waals surface area (Å²) in [5, 5.41) is 0. The second-order valence-corrected chi connectivity index (χ2v) is 9.90. The highest BCUT2D eigenvalue weighted by molar-refractivity contribution is 5.90. The molecule has 1 aromatic rings. The number of hydrogen-bond acceptors (Lipinski definition) is 6. The molecule has 3 aliphatic rings. The number of carbonyl (C=O) groups is 2. The lowest BCUT2D eigenvalue weighted by atomic mass is 9.83. The van der Waals surface area contributed by atoms with Gasteiger partial charge < -0.3 is 28.9 Å². The van der Waals surface area contributed by atoms with Crippen LogP contribution < -0.4 is 14.2 Å². The molecule has 188 valence electrons. The summed E-state index contributed by atoms with van der Waals surface area (Å²) in [6, 6.07) is 3.83. The van der Waals surface area contributed by atoms with E-state index in [1.54, 1.807) is 39.3 Å². The number of piperidine rings is 2. The maximum absolute atomic E-state index is 13.8. The minimum atomic E-state index is -0.472. The molecule has 0 spiro atoms. The Morgan fingerprint density at radius 3 is 2.47 bits per heavy atom. The molecule has 0 N–H and O–H groups in total. The zero-order valence-corrected chi connectivity index (χ0v) is 21.2. The van der Waals surface area contributed by atoms with Crippen LogP contribution in [0, 0.1) is 11.8 Å². The molecule has 1 aromatic carbocycles. The number of hydrogen-bond donors (Lipinski definition) is 0. The van der Waals surface area contributed by atoms with E-state index in [-0.39, 0.29) is 18.2 Å². The van der Waals surface area contributed by atoms with Crippen molar-refractivity contribution in [1.29, 1.82) is 0 Å². The lowest BCUT2D eigenvalue weighted by Gasteiger charge is -2.45. The Morgan fingerprint density at radius 1 is 1.03 bits per heavy atom. The zero-order chi connectivity index (χ0) is 24.4. The van der Waals surface area contributed by atoms with Gasteiger partial charge in [-0.3, -0.25) is 9.59 Å². The van der Waals surface area contributed by atoms with Crippen molar-refractivity contribution < 1.29 is 23.8 Å². The predicted molar refractivity (Wildman–Crippen MR) is 129 cm³/mol. The lowest BCUT2D eigenvalue weighted by Crippen LogP contribution is -2.51. The summed E-state index contributed by atoms with van der Waals surface area (Å²) in [6.07, 6.45) is 6.33. The molecule has 0 radical (unpaired) electrons. The van der Waals surface area contributed by atoms with Crippen molar-refractivity contribution in [3.63, 3.8) is 0 Å². The summed E-state index contributed by atoms with van der Waals surface area (Å²) in [4.78, 5) is 32.7. The number of likely N-dealkylation sites (tertiary alicyclic amines) is 1. The van der Waals surface area contributed by atoms with Crippen LogP contribution in [0.15, 0.2) is 12.1 Å². The van der Waals surface area contributed by atoms with Crippen LogP contribution in [0.2, 0.25) is 0 Å². The minimum Gasteiger partial charge on any atom is -0.493 e. The van der Waals surface area contributed by atoms with Crippen LogP contribution >= 0.6 is 0 Å². The maximum atomic E-state index is 13.8. The van der Waals surface area contributed by atoms with Crippen molar-refractivity contribution >= 4 is 11.8 Å². The minimum absolute atomic E-state index is 0.0208. The molecule has 3 saturated heterocycles. The second-order valence-electron chi connectivity index (χ2n) is 9.90. The van der Waals surface area contributed by atoms with Crippen LogP contribution in [0.4, 0.5) is 0 Å². The van der Waals surface area contributed by atoms with Gasteiger partial charge in [0.05, 0.1) is 33.3 Å². The van der Waals surface area contributed by atoms with Crippen molar-refractivity contribution in [3.8, 4) is 17.2 Å². The summed E-state index contributed by atoms with van der Waals surface area (Å²) >= 11 is 0. The molecule has 8 nitrogen and oxygen atoms in total. The van der Waals surface area contributed by atoms with Gasteiger partial charge in [0.15, 0.2) is 11.5 Å². The Bertz CT molecular complexity index is 905. The van der Waals surface area contributed by atoms with Crippen LogP contribution in [-0.4, -0.2) is 87.6 Å². The molecule has 34 heavy (non-hydrogen) atoms. The molecule has 0 saturated carbocycles. The van der Waals surface area contributed by atoms with E-state index in [4.69, 9.17) is 14.2 Å². The highest BCUT2D eigenvalue weighted by Gasteiger charge is 2.46. The molecule has 0 bridgehead atoms. The molecule has 0 aliphatic carbocycles. The topological polar surface area (TPSA) is 71.6 Å². The van der Waals surface area contributed by atoms with Crippen LogP contribution in [0.25, 0.3) is 0 Å². The van der Waals surface area contributed by atoms with Gasteiger partial charge >= 0.3 is 0 Å². The first-order chi connectivity index (χ1) is 16.4. The van der Waals surface area contributed by atoms with Crippen molar-refractivity contribution in [2.24, 2.45) is 11.8 Å². The van der Waals surface area contributed by atoms with Gasteiger partial charge in [-0.25, -0.2) is 0 Å². The summed E-state index contributed by atoms with van der Waals surface area (Å²) < 4.78 is 16.7. The third kappa shape index (κ3) is 4.44. The van der Waals surface area contributed by atoms with Gasteiger partial charge in [0.25, 0.3) is 0 Å². The van der Waals surface area contributed by atoms with Crippen molar-refractivity contribution in [2.45, 2.75) is 50.6 Å². The van der Waals surface area contributed by atoms with E-state index < -0.39 is 12.0 Å². The average molecular weight is 474 g/mol. The number of amides is 2. The normalized spacial score (nSPS) is 27.3. The second kappa shape index (κ2) is 10.4. The Labute approximate surface area is 203 Å². The number of nitrogens with zero attached hydrogens (tertiary/aromatic N) is 3. The first-order valence-corrected chi connectivity index (χ1v) is 12.4. The Morgan fingerprint density at radius 2 is 1.76 bits per heavy atom. The van der Waals surface area contributed by atoms with Crippen molar-refractivity contribution in [1.82, 2.24) is 14.7 Å². The van der Waals surface area contributed by atoms with E-state index in [0.29, 0.717) is 29.2 Å². The van der Waals surface area contributed by atoms with Crippen molar-refractivity contribution in [3.05, 3.63) is 17.7 Å². The summed E-state index contributed by atoms with van der Waals surface area (Å²) in [5.74, 6) is 1.52. The number of methoxy groups -OCH3 is 3. The number of benzene rings is 1. The molecule has 0 aromatic heterocycles. The molecule has 3 fully saturated rings. The fourth-order valence-electron chi connectivity index (χ4n) is 6.39. The summed E-state index contributed by atoms with van der Waals surface area (Å²) in [5.41, 5.74) is 0.761. The van der Waals surface area contributed by atoms with Gasteiger partial charge in [0, 0.05) is 38.7 Å². The number of rotatable bonds is 7. The van der Waals surface area contributed by atoms with Crippen LogP contribution in [0.1, 0.15) is 50.1 Å². The Kier molecular flexibility index (Phi) is 7.55. The lowest BCUT2D eigenvalue weighted by molar-refractivity contribution is -0.136. The quantitative estimate of drug-likeness (QED) is 0.606. The number of fused-ring (bicyclic) bond motifs is 1. The fraction of sp³-hybridized carbons (Fsp3) is 0.692. The number of carbonyl (C=O) groups excluding carboxylic acids is 2. The third-order valence-electron chi connectivity index (χ3n) is 8.07.